The number of benzene rings is 1. The van der Waals surface area contributed by atoms with Gasteiger partial charge in [0.15, 0.2) is 5.60 Å². The molecule has 1 amide bonds. The Morgan fingerprint density at radius 3 is 2.32 bits per heavy atom. The van der Waals surface area contributed by atoms with Crippen molar-refractivity contribution < 1.29 is 14.3 Å². The summed E-state index contributed by atoms with van der Waals surface area (Å²) in [5.41, 5.74) is 4.99. The van der Waals surface area contributed by atoms with Crippen LogP contribution in [0.5, 0.6) is 11.5 Å². The van der Waals surface area contributed by atoms with Crippen LogP contribution in [-0.2, 0) is 4.79 Å². The Balaban J connectivity index is 1.98. The highest BCUT2D eigenvalue weighted by molar-refractivity contribution is 5.85. The number of amides is 1. The molecule has 0 unspecified atom stereocenters. The quantitative estimate of drug-likeness (QED) is 0.905. The summed E-state index contributed by atoms with van der Waals surface area (Å²) in [5, 5.41) is 0. The molecular formula is C17H26N2O3. The average molecular weight is 306 g/mol. The lowest BCUT2D eigenvalue weighted by atomic mass is 10.0. The summed E-state index contributed by atoms with van der Waals surface area (Å²) >= 11 is 0. The van der Waals surface area contributed by atoms with E-state index in [-0.39, 0.29) is 11.9 Å². The van der Waals surface area contributed by atoms with Crippen molar-refractivity contribution in [3.05, 3.63) is 24.3 Å². The molecule has 5 nitrogen and oxygen atoms in total. The molecule has 0 saturated carbocycles. The molecule has 1 saturated heterocycles. The van der Waals surface area contributed by atoms with Crippen molar-refractivity contribution in [2.75, 3.05) is 19.7 Å². The lowest BCUT2D eigenvalue weighted by Gasteiger charge is -2.36. The van der Waals surface area contributed by atoms with Gasteiger partial charge < -0.3 is 20.1 Å². The van der Waals surface area contributed by atoms with E-state index in [0.29, 0.717) is 25.4 Å². The van der Waals surface area contributed by atoms with Gasteiger partial charge in [0.2, 0.25) is 0 Å². The standard InChI is InChI=1S/C17H26N2O3/c1-4-21-14-5-7-15(8-6-14)22-17(2,3)16(20)19-11-9-13(18)10-12-19/h5-8,13H,4,9-12,18H2,1-3H3. The van der Waals surface area contributed by atoms with E-state index in [1.807, 2.05) is 36.1 Å². The number of ether oxygens (including phenoxy) is 2. The van der Waals surface area contributed by atoms with Gasteiger partial charge in [-0.15, -0.1) is 0 Å². The van der Waals surface area contributed by atoms with Gasteiger partial charge in [-0.25, -0.2) is 0 Å². The Bertz CT molecular complexity index is 491. The second-order valence-electron chi connectivity index (χ2n) is 6.15. The second-order valence-corrected chi connectivity index (χ2v) is 6.15. The predicted octanol–water partition coefficient (Wildman–Crippen LogP) is 2.19. The molecule has 0 atom stereocenters. The maximum atomic E-state index is 12.6. The third kappa shape index (κ3) is 4.13. The van der Waals surface area contributed by atoms with Crippen LogP contribution in [0.4, 0.5) is 0 Å². The van der Waals surface area contributed by atoms with Crippen molar-refractivity contribution in [3.8, 4) is 11.5 Å². The fourth-order valence-electron chi connectivity index (χ4n) is 2.59. The molecule has 1 heterocycles. The highest BCUT2D eigenvalue weighted by Crippen LogP contribution is 2.24. The molecule has 122 valence electrons. The Hall–Kier alpha value is -1.75. The first-order valence-corrected chi connectivity index (χ1v) is 7.89. The summed E-state index contributed by atoms with van der Waals surface area (Å²) in [6, 6.07) is 7.55. The zero-order chi connectivity index (χ0) is 16.2. The van der Waals surface area contributed by atoms with Crippen molar-refractivity contribution in [2.24, 2.45) is 5.73 Å². The summed E-state index contributed by atoms with van der Waals surface area (Å²) in [5.74, 6) is 1.47. The molecule has 2 N–H and O–H groups in total. The SMILES string of the molecule is CCOc1ccc(OC(C)(C)C(=O)N2CCC(N)CC2)cc1. The Morgan fingerprint density at radius 1 is 1.23 bits per heavy atom. The van der Waals surface area contributed by atoms with Crippen LogP contribution in [0.1, 0.15) is 33.6 Å². The van der Waals surface area contributed by atoms with E-state index in [0.717, 1.165) is 18.6 Å². The van der Waals surface area contributed by atoms with Gasteiger partial charge in [0.1, 0.15) is 11.5 Å². The number of piperidine rings is 1. The molecule has 0 aliphatic carbocycles. The third-order valence-electron chi connectivity index (χ3n) is 3.85. The van der Waals surface area contributed by atoms with E-state index in [1.165, 1.54) is 0 Å². The molecular weight excluding hydrogens is 280 g/mol. The number of hydrogen-bond acceptors (Lipinski definition) is 4. The molecule has 0 radical (unpaired) electrons. The zero-order valence-electron chi connectivity index (χ0n) is 13.7. The molecule has 1 aromatic carbocycles. The van der Waals surface area contributed by atoms with E-state index in [9.17, 15) is 4.79 Å². The highest BCUT2D eigenvalue weighted by Gasteiger charge is 2.35. The number of carbonyl (C=O) groups is 1. The third-order valence-corrected chi connectivity index (χ3v) is 3.85. The minimum Gasteiger partial charge on any atom is -0.494 e. The van der Waals surface area contributed by atoms with Gasteiger partial charge >= 0.3 is 0 Å². The normalized spacial score (nSPS) is 16.5. The van der Waals surface area contributed by atoms with Gasteiger partial charge in [-0.05, 0) is 57.9 Å². The number of rotatable bonds is 5. The van der Waals surface area contributed by atoms with E-state index in [1.54, 1.807) is 13.8 Å². The maximum Gasteiger partial charge on any atom is 0.266 e. The molecule has 0 aromatic heterocycles. The van der Waals surface area contributed by atoms with Crippen molar-refractivity contribution in [1.82, 2.24) is 4.90 Å². The fraction of sp³-hybridized carbons (Fsp3) is 0.588. The molecule has 1 aliphatic rings. The molecule has 5 heteroatoms. The highest BCUT2D eigenvalue weighted by atomic mass is 16.5. The Morgan fingerprint density at radius 2 is 1.77 bits per heavy atom. The van der Waals surface area contributed by atoms with Gasteiger partial charge in [0.05, 0.1) is 6.61 Å². The first kappa shape index (κ1) is 16.6. The first-order chi connectivity index (χ1) is 10.4. The number of hydrogen-bond donors (Lipinski definition) is 1. The molecule has 1 aromatic rings. The monoisotopic (exact) mass is 306 g/mol. The van der Waals surface area contributed by atoms with E-state index in [2.05, 4.69) is 0 Å². The summed E-state index contributed by atoms with van der Waals surface area (Å²) in [6.45, 7) is 7.59. The summed E-state index contributed by atoms with van der Waals surface area (Å²) in [7, 11) is 0. The zero-order valence-corrected chi connectivity index (χ0v) is 13.7. The smallest absolute Gasteiger partial charge is 0.266 e. The van der Waals surface area contributed by atoms with Gasteiger partial charge in [-0.1, -0.05) is 0 Å². The van der Waals surface area contributed by atoms with Crippen LogP contribution in [0.3, 0.4) is 0 Å². The van der Waals surface area contributed by atoms with Gasteiger partial charge in [0, 0.05) is 19.1 Å². The number of likely N-dealkylation sites (tertiary alicyclic amines) is 1. The van der Waals surface area contributed by atoms with E-state index in [4.69, 9.17) is 15.2 Å². The van der Waals surface area contributed by atoms with Crippen LogP contribution in [0.2, 0.25) is 0 Å². The van der Waals surface area contributed by atoms with Crippen LogP contribution in [0.25, 0.3) is 0 Å². The molecule has 2 rings (SSSR count). The number of carbonyl (C=O) groups excluding carboxylic acids is 1. The van der Waals surface area contributed by atoms with Crippen molar-refractivity contribution in [2.45, 2.75) is 45.3 Å². The largest absolute Gasteiger partial charge is 0.494 e. The number of nitrogens with two attached hydrogens (primary N) is 1. The Kier molecular flexibility index (Phi) is 5.29. The van der Waals surface area contributed by atoms with Crippen LogP contribution in [0.15, 0.2) is 24.3 Å². The Labute approximate surface area is 132 Å². The van der Waals surface area contributed by atoms with Crippen LogP contribution in [-0.4, -0.2) is 42.1 Å². The topological polar surface area (TPSA) is 64.8 Å². The van der Waals surface area contributed by atoms with E-state index >= 15 is 0 Å². The minimum absolute atomic E-state index is 0.00767. The molecule has 0 spiro atoms. The minimum atomic E-state index is -0.894. The summed E-state index contributed by atoms with van der Waals surface area (Å²) in [6.07, 6.45) is 1.70. The molecule has 1 aliphatic heterocycles. The van der Waals surface area contributed by atoms with Gasteiger partial charge in [0.25, 0.3) is 5.91 Å². The van der Waals surface area contributed by atoms with Crippen molar-refractivity contribution in [1.29, 1.82) is 0 Å². The van der Waals surface area contributed by atoms with Crippen LogP contribution in [0, 0.1) is 0 Å². The average Bonchev–Trinajstić information content (AvgIpc) is 2.49. The fourth-order valence-corrected chi connectivity index (χ4v) is 2.59. The molecule has 0 bridgehead atoms. The van der Waals surface area contributed by atoms with Crippen LogP contribution < -0.4 is 15.2 Å². The van der Waals surface area contributed by atoms with Crippen LogP contribution >= 0.6 is 0 Å². The molecule has 1 fully saturated rings. The predicted molar refractivity (Wildman–Crippen MR) is 86.1 cm³/mol. The molecule has 22 heavy (non-hydrogen) atoms. The first-order valence-electron chi connectivity index (χ1n) is 7.89. The summed E-state index contributed by atoms with van der Waals surface area (Å²) in [4.78, 5) is 14.5. The van der Waals surface area contributed by atoms with Gasteiger partial charge in [-0.3, -0.25) is 4.79 Å². The lowest BCUT2D eigenvalue weighted by molar-refractivity contribution is -0.146. The number of nitrogens with zero attached hydrogens (tertiary/aromatic N) is 1. The maximum absolute atomic E-state index is 12.6. The lowest BCUT2D eigenvalue weighted by Crippen LogP contribution is -2.52. The van der Waals surface area contributed by atoms with Crippen molar-refractivity contribution in [3.63, 3.8) is 0 Å². The van der Waals surface area contributed by atoms with Crippen molar-refractivity contribution >= 4 is 5.91 Å². The summed E-state index contributed by atoms with van der Waals surface area (Å²) < 4.78 is 11.3. The van der Waals surface area contributed by atoms with Gasteiger partial charge in [-0.2, -0.15) is 0 Å². The second kappa shape index (κ2) is 7.01. The van der Waals surface area contributed by atoms with E-state index < -0.39 is 5.60 Å².